The Bertz CT molecular complexity index is 699. The van der Waals surface area contributed by atoms with Crippen LogP contribution in [0.2, 0.25) is 0 Å². The molecule has 0 radical (unpaired) electrons. The Hall–Kier alpha value is -2.37. The third-order valence-electron chi connectivity index (χ3n) is 4.61. The molecule has 6 nitrogen and oxygen atoms in total. The number of rotatable bonds is 6. The Labute approximate surface area is 147 Å². The highest BCUT2D eigenvalue weighted by atomic mass is 16.5. The van der Waals surface area contributed by atoms with Crippen molar-refractivity contribution in [2.75, 3.05) is 26.8 Å². The summed E-state index contributed by atoms with van der Waals surface area (Å²) in [7, 11) is 1.55. The van der Waals surface area contributed by atoms with Crippen LogP contribution in [0.3, 0.4) is 0 Å². The first-order valence-corrected chi connectivity index (χ1v) is 8.76. The number of nitrogens with zero attached hydrogens (tertiary/aromatic N) is 2. The van der Waals surface area contributed by atoms with E-state index in [2.05, 4.69) is 4.99 Å². The first-order chi connectivity index (χ1) is 12.1. The predicted octanol–water partition coefficient (Wildman–Crippen LogP) is 3.01. The number of benzene rings is 1. The van der Waals surface area contributed by atoms with Gasteiger partial charge in [-0.15, -0.1) is 0 Å². The van der Waals surface area contributed by atoms with E-state index in [1.165, 1.54) is 0 Å². The summed E-state index contributed by atoms with van der Waals surface area (Å²) in [5.74, 6) is 1.52. The lowest BCUT2D eigenvalue weighted by Gasteiger charge is -2.32. The van der Waals surface area contributed by atoms with E-state index in [-0.39, 0.29) is 11.7 Å². The standard InChI is InChI=1S/C19H24N2O4/c1-13(22)5-4-8-25-18-10-16-15(9-17(18)24-2)19(23)21-7-3-6-14(12-21)11-20-16/h9-11,14H,3-8,12H2,1-2H3/t14-/m1/s1. The summed E-state index contributed by atoms with van der Waals surface area (Å²) >= 11 is 0. The van der Waals surface area contributed by atoms with E-state index < -0.39 is 0 Å². The number of hydrogen-bond acceptors (Lipinski definition) is 5. The van der Waals surface area contributed by atoms with Gasteiger partial charge >= 0.3 is 0 Å². The quantitative estimate of drug-likeness (QED) is 0.744. The maximum atomic E-state index is 12.8. The molecule has 25 heavy (non-hydrogen) atoms. The fourth-order valence-corrected chi connectivity index (χ4v) is 3.28. The predicted molar refractivity (Wildman–Crippen MR) is 95.2 cm³/mol. The van der Waals surface area contributed by atoms with Crippen molar-refractivity contribution in [3.8, 4) is 11.5 Å². The largest absolute Gasteiger partial charge is 0.493 e. The van der Waals surface area contributed by atoms with E-state index in [0.717, 1.165) is 25.9 Å². The van der Waals surface area contributed by atoms with Gasteiger partial charge in [0, 0.05) is 37.7 Å². The first kappa shape index (κ1) is 17.5. The Kier molecular flexibility index (Phi) is 5.36. The molecule has 1 fully saturated rings. The van der Waals surface area contributed by atoms with E-state index >= 15 is 0 Å². The molecule has 0 unspecified atom stereocenters. The molecule has 1 aromatic carbocycles. The lowest BCUT2D eigenvalue weighted by Crippen LogP contribution is -2.41. The number of aliphatic imine (C=N–C) groups is 1. The molecule has 6 heteroatoms. The van der Waals surface area contributed by atoms with E-state index in [1.54, 1.807) is 26.2 Å². The van der Waals surface area contributed by atoms with Gasteiger partial charge in [0.25, 0.3) is 5.91 Å². The van der Waals surface area contributed by atoms with E-state index in [0.29, 0.717) is 48.1 Å². The molecule has 2 aliphatic heterocycles. The molecule has 1 amide bonds. The van der Waals surface area contributed by atoms with E-state index in [9.17, 15) is 9.59 Å². The highest BCUT2D eigenvalue weighted by Crippen LogP contribution is 2.37. The normalized spacial score (nSPS) is 19.0. The van der Waals surface area contributed by atoms with Crippen molar-refractivity contribution >= 4 is 23.6 Å². The van der Waals surface area contributed by atoms with Crippen LogP contribution >= 0.6 is 0 Å². The van der Waals surface area contributed by atoms with Gasteiger partial charge in [-0.3, -0.25) is 9.79 Å². The van der Waals surface area contributed by atoms with Gasteiger partial charge in [0.2, 0.25) is 0 Å². The number of ether oxygens (including phenoxy) is 2. The number of ketones is 1. The van der Waals surface area contributed by atoms with Crippen LogP contribution in [0, 0.1) is 5.92 Å². The van der Waals surface area contributed by atoms with Crippen LogP contribution in [0.15, 0.2) is 17.1 Å². The van der Waals surface area contributed by atoms with Gasteiger partial charge in [-0.2, -0.15) is 0 Å². The van der Waals surface area contributed by atoms with Crippen LogP contribution in [0.1, 0.15) is 43.0 Å². The van der Waals surface area contributed by atoms with Crippen molar-refractivity contribution in [2.24, 2.45) is 10.9 Å². The number of methoxy groups -OCH3 is 1. The van der Waals surface area contributed by atoms with Gasteiger partial charge in [-0.1, -0.05) is 0 Å². The third-order valence-corrected chi connectivity index (χ3v) is 4.61. The molecule has 3 rings (SSSR count). The highest BCUT2D eigenvalue weighted by Gasteiger charge is 2.28. The van der Waals surface area contributed by atoms with Crippen LogP contribution in [-0.2, 0) is 4.79 Å². The van der Waals surface area contributed by atoms with Crippen molar-refractivity contribution in [3.05, 3.63) is 17.7 Å². The van der Waals surface area contributed by atoms with Crippen molar-refractivity contribution in [2.45, 2.75) is 32.6 Å². The van der Waals surface area contributed by atoms with Crippen LogP contribution in [0.5, 0.6) is 11.5 Å². The molecule has 0 N–H and O–H groups in total. The minimum absolute atomic E-state index is 0.00187. The fourth-order valence-electron chi connectivity index (χ4n) is 3.28. The number of carbonyl (C=O) groups is 2. The van der Waals surface area contributed by atoms with Gasteiger partial charge in [0.1, 0.15) is 5.78 Å². The Morgan fingerprint density at radius 3 is 2.96 bits per heavy atom. The molecule has 1 atom stereocenters. The van der Waals surface area contributed by atoms with Gasteiger partial charge in [0.15, 0.2) is 11.5 Å². The molecule has 1 saturated heterocycles. The average molecular weight is 344 g/mol. The summed E-state index contributed by atoms with van der Waals surface area (Å²) in [4.78, 5) is 30.3. The van der Waals surface area contributed by atoms with Crippen molar-refractivity contribution in [3.63, 3.8) is 0 Å². The summed E-state index contributed by atoms with van der Waals surface area (Å²) in [5, 5.41) is 0. The second-order valence-corrected chi connectivity index (χ2v) is 6.61. The second kappa shape index (κ2) is 7.68. The first-order valence-electron chi connectivity index (χ1n) is 8.76. The van der Waals surface area contributed by atoms with Gasteiger partial charge < -0.3 is 19.2 Å². The minimum atomic E-state index is -0.00187. The molecule has 134 valence electrons. The van der Waals surface area contributed by atoms with Crippen LogP contribution in [0.4, 0.5) is 5.69 Å². The number of piperidine rings is 1. The molecule has 0 saturated carbocycles. The summed E-state index contributed by atoms with van der Waals surface area (Å²) in [6.45, 7) is 3.50. The summed E-state index contributed by atoms with van der Waals surface area (Å²) in [6, 6.07) is 3.47. The topological polar surface area (TPSA) is 68.2 Å². The Morgan fingerprint density at radius 2 is 2.20 bits per heavy atom. The molecule has 2 bridgehead atoms. The zero-order chi connectivity index (χ0) is 17.8. The molecule has 2 aliphatic rings. The van der Waals surface area contributed by atoms with Gasteiger partial charge in [-0.25, -0.2) is 0 Å². The third kappa shape index (κ3) is 4.00. The van der Waals surface area contributed by atoms with E-state index in [1.807, 2.05) is 11.1 Å². The number of hydrogen-bond donors (Lipinski definition) is 0. The SMILES string of the molecule is COc1cc2c(cc1OCCCC(C)=O)N=C[C@H]1CCCN(C1)C2=O. The Balaban J connectivity index is 1.87. The maximum absolute atomic E-state index is 12.8. The Morgan fingerprint density at radius 1 is 1.36 bits per heavy atom. The molecule has 2 heterocycles. The van der Waals surface area contributed by atoms with Crippen LogP contribution in [-0.4, -0.2) is 49.6 Å². The smallest absolute Gasteiger partial charge is 0.256 e. The van der Waals surface area contributed by atoms with Crippen molar-refractivity contribution < 1.29 is 19.1 Å². The lowest BCUT2D eigenvalue weighted by molar-refractivity contribution is -0.117. The highest BCUT2D eigenvalue weighted by molar-refractivity contribution is 6.01. The van der Waals surface area contributed by atoms with Gasteiger partial charge in [-0.05, 0) is 32.3 Å². The summed E-state index contributed by atoms with van der Waals surface area (Å²) < 4.78 is 11.2. The maximum Gasteiger partial charge on any atom is 0.256 e. The number of amides is 1. The minimum Gasteiger partial charge on any atom is -0.493 e. The summed E-state index contributed by atoms with van der Waals surface area (Å²) in [5.41, 5.74) is 1.16. The molecular formula is C19H24N2O4. The molecule has 0 spiro atoms. The molecule has 1 aromatic rings. The van der Waals surface area contributed by atoms with E-state index in [4.69, 9.17) is 9.47 Å². The lowest BCUT2D eigenvalue weighted by atomic mass is 9.97. The monoisotopic (exact) mass is 344 g/mol. The zero-order valence-corrected chi connectivity index (χ0v) is 14.8. The van der Waals surface area contributed by atoms with Crippen LogP contribution < -0.4 is 9.47 Å². The number of fused-ring (bicyclic) bond motifs is 3. The van der Waals surface area contributed by atoms with Crippen molar-refractivity contribution in [1.82, 2.24) is 4.90 Å². The molecular weight excluding hydrogens is 320 g/mol. The van der Waals surface area contributed by atoms with Gasteiger partial charge in [0.05, 0.1) is 25.0 Å². The molecule has 0 aliphatic carbocycles. The van der Waals surface area contributed by atoms with Crippen molar-refractivity contribution in [1.29, 1.82) is 0 Å². The fraction of sp³-hybridized carbons (Fsp3) is 0.526. The summed E-state index contributed by atoms with van der Waals surface area (Å²) in [6.07, 6.45) is 5.15. The number of Topliss-reactive ketones (excluding diaryl/α,β-unsaturated/α-hetero) is 1. The van der Waals surface area contributed by atoms with Crippen LogP contribution in [0.25, 0.3) is 0 Å². The second-order valence-electron chi connectivity index (χ2n) is 6.61. The average Bonchev–Trinajstić information content (AvgIpc) is 2.62. The number of carbonyl (C=O) groups excluding carboxylic acids is 2. The molecule has 0 aromatic heterocycles. The zero-order valence-electron chi connectivity index (χ0n) is 14.8.